The van der Waals surface area contributed by atoms with Gasteiger partial charge in [-0.25, -0.2) is 8.42 Å². The van der Waals surface area contributed by atoms with Gasteiger partial charge in [0.15, 0.2) is 0 Å². The Morgan fingerprint density at radius 1 is 1.06 bits per heavy atom. The van der Waals surface area contributed by atoms with Crippen LogP contribution in [0.3, 0.4) is 0 Å². The second kappa shape index (κ2) is 11.7. The quantitative estimate of drug-likeness (QED) is 0.558. The maximum atomic E-state index is 13.5. The van der Waals surface area contributed by atoms with Crippen molar-refractivity contribution < 1.29 is 18.0 Å². The molecule has 0 heterocycles. The van der Waals surface area contributed by atoms with Crippen LogP contribution < -0.4 is 9.62 Å². The van der Waals surface area contributed by atoms with E-state index in [1.807, 2.05) is 6.07 Å². The van der Waals surface area contributed by atoms with E-state index in [0.29, 0.717) is 10.7 Å². The molecule has 0 bridgehead atoms. The van der Waals surface area contributed by atoms with Crippen LogP contribution in [0.5, 0.6) is 0 Å². The molecule has 1 saturated carbocycles. The summed E-state index contributed by atoms with van der Waals surface area (Å²) in [6, 6.07) is 14.8. The molecule has 2 aromatic rings. The van der Waals surface area contributed by atoms with Crippen LogP contribution in [0, 0.1) is 0 Å². The van der Waals surface area contributed by atoms with Crippen LogP contribution in [-0.4, -0.2) is 50.0 Å². The van der Waals surface area contributed by atoms with E-state index in [9.17, 15) is 18.0 Å². The molecule has 1 aliphatic carbocycles. The minimum atomic E-state index is -3.73. The fraction of sp³-hybridized carbons (Fsp3) is 0.440. The van der Waals surface area contributed by atoms with Crippen LogP contribution >= 0.6 is 11.6 Å². The Kier molecular flexibility index (Phi) is 8.97. The first-order valence-corrected chi connectivity index (χ1v) is 13.7. The summed E-state index contributed by atoms with van der Waals surface area (Å²) in [5, 5.41) is 3.60. The molecule has 1 N–H and O–H groups in total. The van der Waals surface area contributed by atoms with Gasteiger partial charge in [0, 0.05) is 17.6 Å². The van der Waals surface area contributed by atoms with Crippen LogP contribution in [0.2, 0.25) is 5.02 Å². The summed E-state index contributed by atoms with van der Waals surface area (Å²) in [7, 11) is -3.73. The summed E-state index contributed by atoms with van der Waals surface area (Å²) in [6.07, 6.45) is 6.23. The van der Waals surface area contributed by atoms with E-state index in [0.717, 1.165) is 41.8 Å². The highest BCUT2D eigenvalue weighted by molar-refractivity contribution is 7.92. The molecule has 0 aromatic heterocycles. The summed E-state index contributed by atoms with van der Waals surface area (Å²) in [6.45, 7) is 1.39. The largest absolute Gasteiger partial charge is 0.352 e. The number of carbonyl (C=O) groups excluding carboxylic acids is 2. The molecule has 1 fully saturated rings. The van der Waals surface area contributed by atoms with Gasteiger partial charge in [0.2, 0.25) is 21.8 Å². The highest BCUT2D eigenvalue weighted by atomic mass is 35.5. The Bertz CT molecular complexity index is 1090. The monoisotopic (exact) mass is 505 g/mol. The van der Waals surface area contributed by atoms with E-state index in [2.05, 4.69) is 5.32 Å². The van der Waals surface area contributed by atoms with Gasteiger partial charge in [-0.05, 0) is 49.6 Å². The second-order valence-electron chi connectivity index (χ2n) is 8.78. The molecule has 1 aliphatic rings. The Morgan fingerprint density at radius 3 is 2.35 bits per heavy atom. The molecular weight excluding hydrogens is 474 g/mol. The highest BCUT2D eigenvalue weighted by Gasteiger charge is 2.31. The smallest absolute Gasteiger partial charge is 0.244 e. The topological polar surface area (TPSA) is 86.8 Å². The van der Waals surface area contributed by atoms with E-state index >= 15 is 0 Å². The first-order chi connectivity index (χ1) is 16.1. The number of sulfonamides is 1. The van der Waals surface area contributed by atoms with Crippen molar-refractivity contribution in [2.45, 2.75) is 57.7 Å². The van der Waals surface area contributed by atoms with Crippen molar-refractivity contribution in [2.75, 3.05) is 17.1 Å². The number of para-hydroxylation sites is 1. The molecule has 2 aromatic carbocycles. The summed E-state index contributed by atoms with van der Waals surface area (Å²) in [5.41, 5.74) is 1.14. The van der Waals surface area contributed by atoms with Crippen LogP contribution in [-0.2, 0) is 26.2 Å². The van der Waals surface area contributed by atoms with Crippen LogP contribution in [0.1, 0.15) is 44.6 Å². The van der Waals surface area contributed by atoms with Gasteiger partial charge in [-0.2, -0.15) is 0 Å². The van der Waals surface area contributed by atoms with Crippen molar-refractivity contribution in [1.82, 2.24) is 10.2 Å². The molecule has 3 rings (SSSR count). The van der Waals surface area contributed by atoms with Gasteiger partial charge in [0.05, 0.1) is 11.9 Å². The molecule has 184 valence electrons. The van der Waals surface area contributed by atoms with E-state index in [1.54, 1.807) is 55.5 Å². The van der Waals surface area contributed by atoms with Crippen LogP contribution in [0.25, 0.3) is 0 Å². The summed E-state index contributed by atoms with van der Waals surface area (Å²) >= 11 is 6.13. The van der Waals surface area contributed by atoms with E-state index in [4.69, 9.17) is 11.6 Å². The number of hydrogen-bond donors (Lipinski definition) is 1. The predicted molar refractivity (Wildman–Crippen MR) is 135 cm³/mol. The number of halogens is 1. The van der Waals surface area contributed by atoms with Gasteiger partial charge in [-0.15, -0.1) is 0 Å². The molecule has 0 saturated heterocycles. The molecule has 0 radical (unpaired) electrons. The number of rotatable bonds is 9. The van der Waals surface area contributed by atoms with Crippen molar-refractivity contribution in [3.8, 4) is 0 Å². The third-order valence-corrected chi connectivity index (χ3v) is 7.46. The number of anilines is 1. The van der Waals surface area contributed by atoms with Gasteiger partial charge in [0.1, 0.15) is 12.6 Å². The zero-order chi connectivity index (χ0) is 24.7. The molecule has 2 amide bonds. The molecular formula is C25H32ClN3O4S. The third kappa shape index (κ3) is 7.21. The third-order valence-electron chi connectivity index (χ3n) is 6.08. The first-order valence-electron chi connectivity index (χ1n) is 11.5. The highest BCUT2D eigenvalue weighted by Crippen LogP contribution is 2.21. The number of carbonyl (C=O) groups is 2. The minimum absolute atomic E-state index is 0.101. The Morgan fingerprint density at radius 2 is 1.74 bits per heavy atom. The molecule has 34 heavy (non-hydrogen) atoms. The molecule has 1 atom stereocenters. The van der Waals surface area contributed by atoms with Gasteiger partial charge in [0.25, 0.3) is 0 Å². The molecule has 9 heteroatoms. The zero-order valence-corrected chi connectivity index (χ0v) is 21.2. The lowest BCUT2D eigenvalue weighted by molar-refractivity contribution is -0.139. The number of nitrogens with one attached hydrogen (secondary N) is 1. The normalized spacial score (nSPS) is 15.4. The lowest BCUT2D eigenvalue weighted by Gasteiger charge is -2.33. The summed E-state index contributed by atoms with van der Waals surface area (Å²) in [4.78, 5) is 28.0. The Balaban J connectivity index is 1.85. The lowest BCUT2D eigenvalue weighted by atomic mass is 9.95. The fourth-order valence-corrected chi connectivity index (χ4v) is 5.25. The van der Waals surface area contributed by atoms with Gasteiger partial charge < -0.3 is 10.2 Å². The van der Waals surface area contributed by atoms with Crippen LogP contribution in [0.4, 0.5) is 5.69 Å². The molecule has 0 spiro atoms. The maximum absolute atomic E-state index is 13.5. The van der Waals surface area contributed by atoms with Crippen molar-refractivity contribution in [3.63, 3.8) is 0 Å². The minimum Gasteiger partial charge on any atom is -0.352 e. The number of nitrogens with zero attached hydrogens (tertiary/aromatic N) is 2. The lowest BCUT2D eigenvalue weighted by Crippen LogP contribution is -2.52. The fourth-order valence-electron chi connectivity index (χ4n) is 4.19. The van der Waals surface area contributed by atoms with Crippen LogP contribution in [0.15, 0.2) is 54.6 Å². The first kappa shape index (κ1) is 26.0. The second-order valence-corrected chi connectivity index (χ2v) is 11.1. The van der Waals surface area contributed by atoms with E-state index in [1.165, 1.54) is 11.3 Å². The van der Waals surface area contributed by atoms with Crippen molar-refractivity contribution in [3.05, 3.63) is 65.2 Å². The van der Waals surface area contributed by atoms with Gasteiger partial charge >= 0.3 is 0 Å². The Labute approximate surface area is 207 Å². The molecule has 0 aliphatic heterocycles. The van der Waals surface area contributed by atoms with Gasteiger partial charge in [-0.3, -0.25) is 13.9 Å². The average Bonchev–Trinajstić information content (AvgIpc) is 2.81. The summed E-state index contributed by atoms with van der Waals surface area (Å²) < 4.78 is 26.1. The number of hydrogen-bond acceptors (Lipinski definition) is 4. The van der Waals surface area contributed by atoms with Crippen molar-refractivity contribution in [1.29, 1.82) is 0 Å². The Hall–Kier alpha value is -2.58. The SMILES string of the molecule is C[C@H](C(=O)NC1CCCCC1)N(Cc1cccc(Cl)c1)C(=O)CN(c1ccccc1)S(C)(=O)=O. The van der Waals surface area contributed by atoms with E-state index < -0.39 is 28.5 Å². The van der Waals surface area contributed by atoms with Crippen molar-refractivity contribution in [2.24, 2.45) is 0 Å². The number of amides is 2. The number of benzene rings is 2. The molecule has 7 nitrogen and oxygen atoms in total. The van der Waals surface area contributed by atoms with E-state index in [-0.39, 0.29) is 18.5 Å². The standard InChI is InChI=1S/C25H32ClN3O4S/c1-19(25(31)27-22-12-5-3-6-13-22)28(17-20-10-9-11-21(26)16-20)24(30)18-29(34(2,32)33)23-14-7-4-8-15-23/h4,7-11,14-16,19,22H,3,5-6,12-13,17-18H2,1-2H3,(H,27,31)/t19-/m1/s1. The molecule has 0 unspecified atom stereocenters. The zero-order valence-electron chi connectivity index (χ0n) is 19.6. The van der Waals surface area contributed by atoms with Crippen molar-refractivity contribution >= 4 is 39.1 Å². The van der Waals surface area contributed by atoms with Gasteiger partial charge in [-0.1, -0.05) is 61.2 Å². The average molecular weight is 506 g/mol. The maximum Gasteiger partial charge on any atom is 0.244 e. The predicted octanol–water partition coefficient (Wildman–Crippen LogP) is 3.97. The summed E-state index contributed by atoms with van der Waals surface area (Å²) in [5.74, 6) is -0.714.